The Morgan fingerprint density at radius 1 is 1.14 bits per heavy atom. The zero-order valence-corrected chi connectivity index (χ0v) is 16.5. The first-order valence-corrected chi connectivity index (χ1v) is 9.35. The highest BCUT2D eigenvalue weighted by molar-refractivity contribution is 6.30. The van der Waals surface area contributed by atoms with Crippen LogP contribution in [0.1, 0.15) is 19.4 Å². The molecule has 0 aliphatic heterocycles. The summed E-state index contributed by atoms with van der Waals surface area (Å²) in [7, 11) is 0. The van der Waals surface area contributed by atoms with Gasteiger partial charge in [0.2, 0.25) is 0 Å². The van der Waals surface area contributed by atoms with Crippen molar-refractivity contribution in [3.05, 3.63) is 71.0 Å². The number of rotatable bonds is 5. The lowest BCUT2D eigenvalue weighted by molar-refractivity contribution is -0.147. The van der Waals surface area contributed by atoms with Crippen LogP contribution in [0.3, 0.4) is 0 Å². The van der Waals surface area contributed by atoms with Crippen molar-refractivity contribution in [1.29, 1.82) is 0 Å². The van der Waals surface area contributed by atoms with E-state index in [9.17, 15) is 22.4 Å². The zero-order chi connectivity index (χ0) is 21.4. The Morgan fingerprint density at radius 3 is 2.41 bits per heavy atom. The van der Waals surface area contributed by atoms with Crippen LogP contribution in [0.4, 0.5) is 17.6 Å². The minimum absolute atomic E-state index is 0.193. The van der Waals surface area contributed by atoms with Gasteiger partial charge in [-0.25, -0.2) is 4.39 Å². The molecule has 2 atom stereocenters. The van der Waals surface area contributed by atoms with Gasteiger partial charge in [-0.15, -0.1) is 0 Å². The SMILES string of the molecule is CC1(C)[C@H](C(=O)OCc2cccc(-c3ccccc3)c2F)[C@@H]1/C=C(\Cl)C(F)(F)F. The molecule has 0 spiro atoms. The summed E-state index contributed by atoms with van der Waals surface area (Å²) < 4.78 is 58.0. The van der Waals surface area contributed by atoms with Gasteiger partial charge in [0.15, 0.2) is 0 Å². The molecule has 0 aromatic heterocycles. The summed E-state index contributed by atoms with van der Waals surface area (Å²) in [5, 5.41) is -1.26. The molecule has 0 bridgehead atoms. The summed E-state index contributed by atoms with van der Waals surface area (Å²) in [6, 6.07) is 13.7. The Bertz CT molecular complexity index is 936. The minimum Gasteiger partial charge on any atom is -0.460 e. The van der Waals surface area contributed by atoms with Crippen LogP contribution in [0.15, 0.2) is 59.6 Å². The van der Waals surface area contributed by atoms with Crippen LogP contribution in [0.25, 0.3) is 11.1 Å². The Kier molecular flexibility index (Phi) is 5.77. The van der Waals surface area contributed by atoms with Crippen molar-refractivity contribution in [3.63, 3.8) is 0 Å². The van der Waals surface area contributed by atoms with Crippen molar-refractivity contribution >= 4 is 17.6 Å². The third kappa shape index (κ3) is 4.47. The van der Waals surface area contributed by atoms with Gasteiger partial charge in [-0.2, -0.15) is 13.2 Å². The molecule has 1 aliphatic carbocycles. The van der Waals surface area contributed by atoms with Gasteiger partial charge in [0.25, 0.3) is 0 Å². The first kappa shape index (κ1) is 21.4. The second kappa shape index (κ2) is 7.82. The fraction of sp³-hybridized carbons (Fsp3) is 0.318. The maximum atomic E-state index is 14.8. The predicted octanol–water partition coefficient (Wildman–Crippen LogP) is 6.49. The van der Waals surface area contributed by atoms with Crippen LogP contribution >= 0.6 is 11.6 Å². The van der Waals surface area contributed by atoms with Crippen molar-refractivity contribution in [2.24, 2.45) is 17.3 Å². The van der Waals surface area contributed by atoms with E-state index in [1.54, 1.807) is 50.2 Å². The quantitative estimate of drug-likeness (QED) is 0.403. The van der Waals surface area contributed by atoms with Crippen molar-refractivity contribution in [2.45, 2.75) is 26.6 Å². The number of benzene rings is 2. The van der Waals surface area contributed by atoms with Gasteiger partial charge in [0, 0.05) is 11.1 Å². The second-order valence-electron chi connectivity index (χ2n) is 7.59. The van der Waals surface area contributed by atoms with Crippen molar-refractivity contribution < 1.29 is 27.1 Å². The molecule has 7 heteroatoms. The summed E-state index contributed by atoms with van der Waals surface area (Å²) >= 11 is 5.29. The average Bonchev–Trinajstić information content (AvgIpc) is 3.20. The number of hydrogen-bond donors (Lipinski definition) is 0. The molecule has 0 amide bonds. The third-order valence-corrected chi connectivity index (χ3v) is 5.64. The van der Waals surface area contributed by atoms with E-state index < -0.39 is 40.2 Å². The summed E-state index contributed by atoms with van der Waals surface area (Å²) in [5.41, 5.74) is 0.545. The van der Waals surface area contributed by atoms with Crippen LogP contribution in [0.2, 0.25) is 0 Å². The number of allylic oxidation sites excluding steroid dienone is 2. The number of esters is 1. The van der Waals surface area contributed by atoms with E-state index in [4.69, 9.17) is 16.3 Å². The third-order valence-electron chi connectivity index (χ3n) is 5.29. The summed E-state index contributed by atoms with van der Waals surface area (Å²) in [5.74, 6) is -2.63. The first-order valence-electron chi connectivity index (χ1n) is 8.97. The number of halogens is 5. The number of hydrogen-bond acceptors (Lipinski definition) is 2. The van der Waals surface area contributed by atoms with E-state index in [1.807, 2.05) is 6.07 Å². The summed E-state index contributed by atoms with van der Waals surface area (Å²) in [4.78, 5) is 12.4. The normalized spacial score (nSPS) is 21.0. The summed E-state index contributed by atoms with van der Waals surface area (Å²) in [6.07, 6.45) is -3.81. The maximum absolute atomic E-state index is 14.8. The molecular formula is C22H19ClF4O2. The van der Waals surface area contributed by atoms with Gasteiger partial charge >= 0.3 is 12.1 Å². The first-order chi connectivity index (χ1) is 13.5. The van der Waals surface area contributed by atoms with E-state index in [1.165, 1.54) is 6.07 Å². The Balaban J connectivity index is 1.70. The van der Waals surface area contributed by atoms with E-state index in [2.05, 4.69) is 0 Å². The van der Waals surface area contributed by atoms with Crippen LogP contribution in [-0.2, 0) is 16.1 Å². The van der Waals surface area contributed by atoms with Crippen LogP contribution in [0.5, 0.6) is 0 Å². The number of alkyl halides is 3. The standard InChI is InChI=1S/C22H19ClF4O2/c1-21(2)16(11-17(23)22(25,26)27)18(21)20(28)29-12-14-9-6-10-15(19(14)24)13-7-4-3-5-8-13/h3-11,16,18H,12H2,1-2H3/b17-11-/t16-,18-/m0/s1. The van der Waals surface area contributed by atoms with E-state index in [-0.39, 0.29) is 12.2 Å². The minimum atomic E-state index is -4.66. The van der Waals surface area contributed by atoms with Crippen molar-refractivity contribution in [2.75, 3.05) is 0 Å². The topological polar surface area (TPSA) is 26.3 Å². The van der Waals surface area contributed by atoms with Crippen molar-refractivity contribution in [3.8, 4) is 11.1 Å². The largest absolute Gasteiger partial charge is 0.460 e. The highest BCUT2D eigenvalue weighted by atomic mass is 35.5. The molecule has 29 heavy (non-hydrogen) atoms. The predicted molar refractivity (Wildman–Crippen MR) is 102 cm³/mol. The molecule has 1 saturated carbocycles. The van der Waals surface area contributed by atoms with E-state index in [0.29, 0.717) is 11.1 Å². The van der Waals surface area contributed by atoms with Gasteiger partial charge in [-0.3, -0.25) is 4.79 Å². The molecule has 2 aromatic rings. The fourth-order valence-electron chi connectivity index (χ4n) is 3.46. The molecule has 2 nitrogen and oxygen atoms in total. The highest BCUT2D eigenvalue weighted by Gasteiger charge is 2.62. The molecule has 0 radical (unpaired) electrons. The molecule has 3 rings (SSSR count). The molecule has 1 fully saturated rings. The molecular weight excluding hydrogens is 408 g/mol. The monoisotopic (exact) mass is 426 g/mol. The molecule has 0 unspecified atom stereocenters. The van der Waals surface area contributed by atoms with Crippen LogP contribution in [0, 0.1) is 23.1 Å². The average molecular weight is 427 g/mol. The zero-order valence-electron chi connectivity index (χ0n) is 15.8. The number of carbonyl (C=O) groups is 1. The molecule has 2 aromatic carbocycles. The van der Waals surface area contributed by atoms with Gasteiger partial charge in [-0.05, 0) is 16.9 Å². The van der Waals surface area contributed by atoms with Gasteiger partial charge < -0.3 is 4.74 Å². The van der Waals surface area contributed by atoms with Gasteiger partial charge in [0.05, 0.1) is 5.92 Å². The number of ether oxygens (including phenoxy) is 1. The molecule has 0 saturated heterocycles. The lowest BCUT2D eigenvalue weighted by Crippen LogP contribution is -2.11. The van der Waals surface area contributed by atoms with Crippen LogP contribution < -0.4 is 0 Å². The summed E-state index contributed by atoms with van der Waals surface area (Å²) in [6.45, 7) is 3.02. The fourth-order valence-corrected chi connectivity index (χ4v) is 3.60. The van der Waals surface area contributed by atoms with Gasteiger partial charge in [-0.1, -0.05) is 80.1 Å². The molecule has 154 valence electrons. The smallest absolute Gasteiger partial charge is 0.426 e. The van der Waals surface area contributed by atoms with Crippen LogP contribution in [-0.4, -0.2) is 12.1 Å². The van der Waals surface area contributed by atoms with Crippen molar-refractivity contribution in [1.82, 2.24) is 0 Å². The molecule has 0 heterocycles. The maximum Gasteiger partial charge on any atom is 0.426 e. The Labute approximate surface area is 171 Å². The number of carbonyl (C=O) groups excluding carboxylic acids is 1. The molecule has 0 N–H and O–H groups in total. The lowest BCUT2D eigenvalue weighted by Gasteiger charge is -2.10. The van der Waals surface area contributed by atoms with E-state index >= 15 is 0 Å². The van der Waals surface area contributed by atoms with E-state index in [0.717, 1.165) is 6.08 Å². The Morgan fingerprint density at radius 2 is 1.79 bits per heavy atom. The highest BCUT2D eigenvalue weighted by Crippen LogP contribution is 2.60. The Hall–Kier alpha value is -2.34. The molecule has 1 aliphatic rings. The van der Waals surface area contributed by atoms with Gasteiger partial charge in [0.1, 0.15) is 17.5 Å². The second-order valence-corrected chi connectivity index (χ2v) is 8.00. The lowest BCUT2D eigenvalue weighted by atomic mass is 10.0.